The second-order valence-corrected chi connectivity index (χ2v) is 9.07. The number of esters is 2. The molecule has 0 rings (SSSR count). The number of carbonyl (C=O) groups is 2. The third-order valence-electron chi connectivity index (χ3n) is 5.50. The van der Waals surface area contributed by atoms with E-state index in [2.05, 4.69) is 20.8 Å². The van der Waals surface area contributed by atoms with Crippen molar-refractivity contribution in [3.63, 3.8) is 0 Å². The maximum absolute atomic E-state index is 11.6. The van der Waals surface area contributed by atoms with E-state index in [1.54, 1.807) is 0 Å². The van der Waals surface area contributed by atoms with Gasteiger partial charge in [0.25, 0.3) is 0 Å². The number of hydrogen-bond donors (Lipinski definition) is 0. The topological polar surface area (TPSA) is 52.6 Å². The van der Waals surface area contributed by atoms with E-state index < -0.39 is 0 Å². The molecule has 0 aliphatic carbocycles. The molecule has 0 saturated carbocycles. The third-order valence-corrected chi connectivity index (χ3v) is 5.50. The van der Waals surface area contributed by atoms with Gasteiger partial charge in [-0.3, -0.25) is 9.59 Å². The van der Waals surface area contributed by atoms with Crippen LogP contribution in [-0.2, 0) is 19.1 Å². The van der Waals surface area contributed by atoms with Crippen LogP contribution in [0.15, 0.2) is 0 Å². The summed E-state index contributed by atoms with van der Waals surface area (Å²) in [6, 6.07) is 0. The standard InChI is InChI=1S/C26H50O4/c1-4-5-6-7-8-9-10-11-12-13-14-15-16-17-18-22-29-25(27)19-20-26(28)30-23-21-24(2)3/h24H,4-23H2,1-3H3. The van der Waals surface area contributed by atoms with E-state index in [0.717, 1.165) is 19.3 Å². The lowest BCUT2D eigenvalue weighted by atomic mass is 10.0. The first-order valence-corrected chi connectivity index (χ1v) is 12.9. The predicted octanol–water partition coefficient (Wildman–Crippen LogP) is 7.77. The Morgan fingerprint density at radius 3 is 1.33 bits per heavy atom. The van der Waals surface area contributed by atoms with Gasteiger partial charge >= 0.3 is 11.9 Å². The van der Waals surface area contributed by atoms with Crippen LogP contribution in [0.1, 0.15) is 136 Å². The molecule has 0 spiro atoms. The second-order valence-electron chi connectivity index (χ2n) is 9.07. The van der Waals surface area contributed by atoms with Crippen LogP contribution in [0, 0.1) is 5.92 Å². The van der Waals surface area contributed by atoms with E-state index in [0.29, 0.717) is 19.1 Å². The number of carbonyl (C=O) groups excluding carboxylic acids is 2. The van der Waals surface area contributed by atoms with Crippen molar-refractivity contribution < 1.29 is 19.1 Å². The molecule has 0 fully saturated rings. The van der Waals surface area contributed by atoms with E-state index in [1.165, 1.54) is 83.5 Å². The predicted molar refractivity (Wildman–Crippen MR) is 126 cm³/mol. The van der Waals surface area contributed by atoms with Crippen LogP contribution in [0.4, 0.5) is 0 Å². The first kappa shape index (κ1) is 28.9. The molecule has 0 unspecified atom stereocenters. The first-order valence-electron chi connectivity index (χ1n) is 12.9. The molecule has 4 heteroatoms. The SMILES string of the molecule is CCCCCCCCCCCCCCCCCOC(=O)CCC(=O)OCCC(C)C. The summed E-state index contributed by atoms with van der Waals surface area (Å²) in [7, 11) is 0. The maximum atomic E-state index is 11.6. The Morgan fingerprint density at radius 1 is 0.567 bits per heavy atom. The Kier molecular flexibility index (Phi) is 21.8. The van der Waals surface area contributed by atoms with Crippen LogP contribution >= 0.6 is 0 Å². The third kappa shape index (κ3) is 23.2. The molecule has 0 aromatic carbocycles. The van der Waals surface area contributed by atoms with Crippen molar-refractivity contribution in [3.8, 4) is 0 Å². The fourth-order valence-electron chi connectivity index (χ4n) is 3.42. The van der Waals surface area contributed by atoms with Gasteiger partial charge in [-0.25, -0.2) is 0 Å². The van der Waals surface area contributed by atoms with Gasteiger partial charge in [0.1, 0.15) is 0 Å². The molecule has 0 saturated heterocycles. The molecule has 0 aromatic heterocycles. The number of rotatable bonds is 22. The lowest BCUT2D eigenvalue weighted by Crippen LogP contribution is -2.12. The quantitative estimate of drug-likeness (QED) is 0.131. The number of ether oxygens (including phenoxy) is 2. The Bertz CT molecular complexity index is 392. The first-order chi connectivity index (χ1) is 14.6. The van der Waals surface area contributed by atoms with Gasteiger partial charge < -0.3 is 9.47 Å². The molecule has 0 N–H and O–H groups in total. The summed E-state index contributed by atoms with van der Waals surface area (Å²) in [5.74, 6) is -0.0848. The number of unbranched alkanes of at least 4 members (excludes halogenated alkanes) is 14. The van der Waals surface area contributed by atoms with Gasteiger partial charge in [-0.05, 0) is 18.8 Å². The fourth-order valence-corrected chi connectivity index (χ4v) is 3.42. The van der Waals surface area contributed by atoms with E-state index in [-0.39, 0.29) is 24.8 Å². The minimum atomic E-state index is -0.306. The average Bonchev–Trinajstić information content (AvgIpc) is 2.71. The Balaban J connectivity index is 3.24. The van der Waals surface area contributed by atoms with Crippen molar-refractivity contribution in [2.24, 2.45) is 5.92 Å². The molecule has 0 aromatic rings. The molecule has 178 valence electrons. The summed E-state index contributed by atoms with van der Waals surface area (Å²) in [6.07, 6.45) is 20.9. The highest BCUT2D eigenvalue weighted by molar-refractivity contribution is 5.77. The molecule has 0 aliphatic heterocycles. The maximum Gasteiger partial charge on any atom is 0.306 e. The van der Waals surface area contributed by atoms with E-state index in [4.69, 9.17) is 9.47 Å². The second kappa shape index (κ2) is 22.6. The van der Waals surface area contributed by atoms with Crippen LogP contribution < -0.4 is 0 Å². The van der Waals surface area contributed by atoms with Gasteiger partial charge in [0, 0.05) is 0 Å². The summed E-state index contributed by atoms with van der Waals surface area (Å²) in [4.78, 5) is 23.2. The lowest BCUT2D eigenvalue weighted by Gasteiger charge is -2.07. The Labute approximate surface area is 186 Å². The molecule has 30 heavy (non-hydrogen) atoms. The van der Waals surface area contributed by atoms with Crippen LogP contribution in [0.25, 0.3) is 0 Å². The smallest absolute Gasteiger partial charge is 0.306 e. The van der Waals surface area contributed by atoms with Crippen molar-refractivity contribution in [1.29, 1.82) is 0 Å². The zero-order chi connectivity index (χ0) is 22.3. The molecule has 0 heterocycles. The highest BCUT2D eigenvalue weighted by Gasteiger charge is 2.09. The summed E-state index contributed by atoms with van der Waals surface area (Å²) in [6.45, 7) is 7.35. The zero-order valence-corrected chi connectivity index (χ0v) is 20.4. The summed E-state index contributed by atoms with van der Waals surface area (Å²) in [5, 5.41) is 0. The molecule has 0 amide bonds. The van der Waals surface area contributed by atoms with Crippen LogP contribution in [0.3, 0.4) is 0 Å². The molecular weight excluding hydrogens is 376 g/mol. The molecular formula is C26H50O4. The van der Waals surface area contributed by atoms with E-state index >= 15 is 0 Å². The minimum absolute atomic E-state index is 0.121. The highest BCUT2D eigenvalue weighted by Crippen LogP contribution is 2.13. The fraction of sp³-hybridized carbons (Fsp3) is 0.923. The summed E-state index contributed by atoms with van der Waals surface area (Å²) < 4.78 is 10.3. The van der Waals surface area contributed by atoms with Crippen molar-refractivity contribution in [1.82, 2.24) is 0 Å². The molecule has 4 nitrogen and oxygen atoms in total. The van der Waals surface area contributed by atoms with Crippen molar-refractivity contribution in [3.05, 3.63) is 0 Å². The van der Waals surface area contributed by atoms with Gasteiger partial charge in [-0.2, -0.15) is 0 Å². The van der Waals surface area contributed by atoms with Gasteiger partial charge in [0.2, 0.25) is 0 Å². The number of hydrogen-bond acceptors (Lipinski definition) is 4. The van der Waals surface area contributed by atoms with Gasteiger partial charge in [0.15, 0.2) is 0 Å². The van der Waals surface area contributed by atoms with Gasteiger partial charge in [-0.15, -0.1) is 0 Å². The van der Waals surface area contributed by atoms with Crippen molar-refractivity contribution in [2.45, 2.75) is 136 Å². The van der Waals surface area contributed by atoms with Gasteiger partial charge in [-0.1, -0.05) is 111 Å². The van der Waals surface area contributed by atoms with Gasteiger partial charge in [0.05, 0.1) is 26.1 Å². The molecule has 0 atom stereocenters. The zero-order valence-electron chi connectivity index (χ0n) is 20.4. The Morgan fingerprint density at radius 2 is 0.933 bits per heavy atom. The molecule has 0 bridgehead atoms. The van der Waals surface area contributed by atoms with E-state index in [1.807, 2.05) is 0 Å². The van der Waals surface area contributed by atoms with Crippen LogP contribution in [0.2, 0.25) is 0 Å². The highest BCUT2D eigenvalue weighted by atomic mass is 16.5. The average molecular weight is 427 g/mol. The summed E-state index contributed by atoms with van der Waals surface area (Å²) in [5.41, 5.74) is 0. The Hall–Kier alpha value is -1.06. The monoisotopic (exact) mass is 426 g/mol. The molecule has 0 aliphatic rings. The lowest BCUT2D eigenvalue weighted by molar-refractivity contribution is -0.150. The minimum Gasteiger partial charge on any atom is -0.466 e. The normalized spacial score (nSPS) is 11.1. The van der Waals surface area contributed by atoms with Crippen LogP contribution in [0.5, 0.6) is 0 Å². The van der Waals surface area contributed by atoms with Crippen LogP contribution in [-0.4, -0.2) is 25.2 Å². The largest absolute Gasteiger partial charge is 0.466 e. The van der Waals surface area contributed by atoms with Crippen molar-refractivity contribution in [2.75, 3.05) is 13.2 Å². The van der Waals surface area contributed by atoms with E-state index in [9.17, 15) is 9.59 Å². The molecule has 0 radical (unpaired) electrons. The summed E-state index contributed by atoms with van der Waals surface area (Å²) >= 11 is 0. The van der Waals surface area contributed by atoms with Crippen molar-refractivity contribution >= 4 is 11.9 Å².